The molecule has 1 saturated carbocycles. The van der Waals surface area contributed by atoms with Gasteiger partial charge in [-0.05, 0) is 25.3 Å². The second kappa shape index (κ2) is 6.83. The Morgan fingerprint density at radius 2 is 2.29 bits per heavy atom. The zero-order valence-corrected chi connectivity index (χ0v) is 17.3. The molecule has 3 unspecified atom stereocenters. The minimum absolute atomic E-state index is 0.0605. The fourth-order valence-corrected chi connectivity index (χ4v) is 5.58. The van der Waals surface area contributed by atoms with Gasteiger partial charge in [0.2, 0.25) is 11.9 Å². The minimum atomic E-state index is -0.211. The Hall–Kier alpha value is -3.36. The topological polar surface area (TPSA) is 105 Å². The SMILES string of the molecule is COC1=CC(Nc2ncc3c(n2)N2C(=O)CCC2CO3)=CC12CCCC2c1cnc[nH]1. The fourth-order valence-electron chi connectivity index (χ4n) is 5.58. The number of carbonyl (C=O) groups excluding carboxylic acids is 1. The predicted molar refractivity (Wildman–Crippen MR) is 112 cm³/mol. The summed E-state index contributed by atoms with van der Waals surface area (Å²) in [6, 6.07) is 0.0605. The smallest absolute Gasteiger partial charge is 0.229 e. The van der Waals surface area contributed by atoms with Crippen LogP contribution in [0.2, 0.25) is 0 Å². The molecule has 2 aliphatic heterocycles. The summed E-state index contributed by atoms with van der Waals surface area (Å²) in [6.45, 7) is 0.497. The van der Waals surface area contributed by atoms with E-state index in [1.54, 1.807) is 24.5 Å². The molecule has 160 valence electrons. The van der Waals surface area contributed by atoms with Crippen molar-refractivity contribution in [3.8, 4) is 5.75 Å². The summed E-state index contributed by atoms with van der Waals surface area (Å²) in [5.74, 6) is 2.85. The molecule has 0 radical (unpaired) electrons. The van der Waals surface area contributed by atoms with Gasteiger partial charge < -0.3 is 19.8 Å². The number of aromatic nitrogens is 4. The first-order valence-electron chi connectivity index (χ1n) is 10.7. The van der Waals surface area contributed by atoms with Gasteiger partial charge in [0.1, 0.15) is 12.4 Å². The van der Waals surface area contributed by atoms with E-state index in [-0.39, 0.29) is 23.3 Å². The third kappa shape index (κ3) is 2.75. The summed E-state index contributed by atoms with van der Waals surface area (Å²) < 4.78 is 11.6. The highest BCUT2D eigenvalue weighted by Crippen LogP contribution is 2.57. The summed E-state index contributed by atoms with van der Waals surface area (Å²) in [4.78, 5) is 30.7. The number of nitrogens with zero attached hydrogens (tertiary/aromatic N) is 4. The molecule has 9 nitrogen and oxygen atoms in total. The molecular weight excluding hydrogens is 396 g/mol. The highest BCUT2D eigenvalue weighted by molar-refractivity contribution is 5.97. The minimum Gasteiger partial charge on any atom is -0.500 e. The summed E-state index contributed by atoms with van der Waals surface area (Å²) in [6.07, 6.45) is 14.0. The number of carbonyl (C=O) groups is 1. The second-order valence-corrected chi connectivity index (χ2v) is 8.58. The van der Waals surface area contributed by atoms with Gasteiger partial charge in [-0.2, -0.15) is 4.98 Å². The van der Waals surface area contributed by atoms with Gasteiger partial charge in [0.25, 0.3) is 0 Å². The first-order valence-corrected chi connectivity index (χ1v) is 10.7. The van der Waals surface area contributed by atoms with Gasteiger partial charge in [-0.3, -0.25) is 9.69 Å². The molecule has 4 aliphatic rings. The molecule has 2 N–H and O–H groups in total. The summed E-state index contributed by atoms with van der Waals surface area (Å²) in [7, 11) is 1.72. The molecule has 31 heavy (non-hydrogen) atoms. The zero-order valence-electron chi connectivity index (χ0n) is 17.3. The quantitative estimate of drug-likeness (QED) is 0.783. The van der Waals surface area contributed by atoms with Crippen molar-refractivity contribution in [1.82, 2.24) is 19.9 Å². The number of hydrogen-bond acceptors (Lipinski definition) is 7. The van der Waals surface area contributed by atoms with Crippen LogP contribution in [0.4, 0.5) is 11.8 Å². The highest BCUT2D eigenvalue weighted by atomic mass is 16.5. The van der Waals surface area contributed by atoms with Crippen LogP contribution in [0.5, 0.6) is 5.75 Å². The fraction of sp³-hybridized carbons (Fsp3) is 0.455. The number of nitrogens with one attached hydrogen (secondary N) is 2. The first kappa shape index (κ1) is 18.4. The van der Waals surface area contributed by atoms with Gasteiger partial charge in [0.05, 0.1) is 31.1 Å². The number of amides is 1. The van der Waals surface area contributed by atoms with Gasteiger partial charge in [-0.25, -0.2) is 9.97 Å². The number of allylic oxidation sites excluding steroid dienone is 2. The van der Waals surface area contributed by atoms with Gasteiger partial charge >= 0.3 is 0 Å². The predicted octanol–water partition coefficient (Wildman–Crippen LogP) is 2.88. The Labute approximate surface area is 179 Å². The number of ether oxygens (including phenoxy) is 2. The molecule has 2 aliphatic carbocycles. The Kier molecular flexibility index (Phi) is 4.06. The molecule has 2 aromatic rings. The summed E-state index contributed by atoms with van der Waals surface area (Å²) >= 11 is 0. The lowest BCUT2D eigenvalue weighted by atomic mass is 9.76. The van der Waals surface area contributed by atoms with Crippen LogP contribution < -0.4 is 15.0 Å². The molecular formula is C22H24N6O3. The van der Waals surface area contributed by atoms with Gasteiger partial charge in [-0.15, -0.1) is 0 Å². The highest BCUT2D eigenvalue weighted by Gasteiger charge is 2.49. The maximum Gasteiger partial charge on any atom is 0.229 e. The number of rotatable bonds is 4. The summed E-state index contributed by atoms with van der Waals surface area (Å²) in [5.41, 5.74) is 1.81. The Morgan fingerprint density at radius 3 is 3.13 bits per heavy atom. The Bertz CT molecular complexity index is 1090. The molecule has 4 heterocycles. The van der Waals surface area contributed by atoms with Crippen LogP contribution in [0.15, 0.2) is 42.3 Å². The van der Waals surface area contributed by atoms with Crippen molar-refractivity contribution < 1.29 is 14.3 Å². The number of hydrogen-bond donors (Lipinski definition) is 2. The third-order valence-electron chi connectivity index (χ3n) is 6.96. The average molecular weight is 420 g/mol. The number of imidazole rings is 1. The standard InChI is InChI=1S/C22H24N6O3/c1-30-18-7-13(8-22(18)6-2-3-15(22)16-9-23-12-25-16)26-21-24-10-17-20(27-21)28-14(11-31-17)4-5-19(28)29/h7-10,12,14-15H,2-6,11H2,1H3,(H,23,25)(H,24,26,27). The zero-order chi connectivity index (χ0) is 21.0. The first-order chi connectivity index (χ1) is 15.2. The van der Waals surface area contributed by atoms with E-state index < -0.39 is 0 Å². The van der Waals surface area contributed by atoms with Crippen molar-refractivity contribution in [3.63, 3.8) is 0 Å². The van der Waals surface area contributed by atoms with Crippen LogP contribution >= 0.6 is 0 Å². The maximum atomic E-state index is 12.4. The number of fused-ring (bicyclic) bond motifs is 3. The van der Waals surface area contributed by atoms with Gasteiger partial charge in [-0.1, -0.05) is 6.42 Å². The van der Waals surface area contributed by atoms with Crippen molar-refractivity contribution >= 4 is 17.7 Å². The maximum absolute atomic E-state index is 12.4. The lowest BCUT2D eigenvalue weighted by Gasteiger charge is -2.31. The molecule has 0 aromatic carbocycles. The molecule has 2 aromatic heterocycles. The summed E-state index contributed by atoms with van der Waals surface area (Å²) in [5, 5.41) is 3.33. The van der Waals surface area contributed by atoms with Crippen molar-refractivity contribution in [1.29, 1.82) is 0 Å². The van der Waals surface area contributed by atoms with Crippen LogP contribution in [-0.2, 0) is 9.53 Å². The van der Waals surface area contributed by atoms with Crippen molar-refractivity contribution in [2.45, 2.75) is 44.1 Å². The molecule has 3 atom stereocenters. The second-order valence-electron chi connectivity index (χ2n) is 8.58. The number of anilines is 2. The number of methoxy groups -OCH3 is 1. The number of aromatic amines is 1. The van der Waals surface area contributed by atoms with E-state index in [0.717, 1.165) is 42.8 Å². The van der Waals surface area contributed by atoms with Crippen molar-refractivity contribution in [2.75, 3.05) is 23.9 Å². The third-order valence-corrected chi connectivity index (χ3v) is 6.96. The molecule has 6 rings (SSSR count). The monoisotopic (exact) mass is 420 g/mol. The van der Waals surface area contributed by atoms with E-state index in [9.17, 15) is 4.79 Å². The lowest BCUT2D eigenvalue weighted by Crippen LogP contribution is -2.41. The van der Waals surface area contributed by atoms with Crippen LogP contribution in [0.3, 0.4) is 0 Å². The Balaban J connectivity index is 1.32. The van der Waals surface area contributed by atoms with Crippen LogP contribution in [0, 0.1) is 5.41 Å². The van der Waals surface area contributed by atoms with Crippen LogP contribution in [0.1, 0.15) is 43.7 Å². The van der Waals surface area contributed by atoms with E-state index in [2.05, 4.69) is 31.3 Å². The van der Waals surface area contributed by atoms with Crippen LogP contribution in [0.25, 0.3) is 0 Å². The Morgan fingerprint density at radius 1 is 1.35 bits per heavy atom. The molecule has 1 spiro atoms. The molecule has 2 fully saturated rings. The molecule has 1 saturated heterocycles. The van der Waals surface area contributed by atoms with Gasteiger partial charge in [0.15, 0.2) is 11.6 Å². The van der Waals surface area contributed by atoms with E-state index in [1.807, 2.05) is 12.3 Å². The van der Waals surface area contributed by atoms with Crippen molar-refractivity contribution in [2.24, 2.45) is 5.41 Å². The van der Waals surface area contributed by atoms with E-state index in [1.165, 1.54) is 0 Å². The van der Waals surface area contributed by atoms with E-state index in [0.29, 0.717) is 30.5 Å². The number of H-pyrrole nitrogens is 1. The van der Waals surface area contributed by atoms with E-state index >= 15 is 0 Å². The van der Waals surface area contributed by atoms with Crippen molar-refractivity contribution in [3.05, 3.63) is 48.0 Å². The lowest BCUT2D eigenvalue weighted by molar-refractivity contribution is -0.117. The normalized spacial score (nSPS) is 28.8. The molecule has 9 heteroatoms. The van der Waals surface area contributed by atoms with E-state index in [4.69, 9.17) is 9.47 Å². The van der Waals surface area contributed by atoms with Crippen LogP contribution in [-0.4, -0.2) is 45.6 Å². The molecule has 1 amide bonds. The largest absolute Gasteiger partial charge is 0.500 e. The average Bonchev–Trinajstić information content (AvgIpc) is 3.56. The molecule has 0 bridgehead atoms. The van der Waals surface area contributed by atoms with Gasteiger partial charge in [0, 0.05) is 36.0 Å².